The largest absolute Gasteiger partial charge is 0.383 e. The fraction of sp³-hybridized carbons (Fsp3) is 0.500. The second-order valence-electron chi connectivity index (χ2n) is 8.01. The van der Waals surface area contributed by atoms with E-state index in [1.165, 1.54) is 6.20 Å². The van der Waals surface area contributed by atoms with Crippen LogP contribution in [0.2, 0.25) is 5.02 Å². The number of nitrogens with two attached hydrogens (primary N) is 1. The minimum absolute atomic E-state index is 0.0146. The van der Waals surface area contributed by atoms with E-state index in [0.29, 0.717) is 12.2 Å². The van der Waals surface area contributed by atoms with Gasteiger partial charge >= 0.3 is 0 Å². The van der Waals surface area contributed by atoms with Gasteiger partial charge in [-0.1, -0.05) is 32.4 Å². The molecule has 0 radical (unpaired) electrons. The molecule has 0 amide bonds. The fourth-order valence-electron chi connectivity index (χ4n) is 3.59. The Morgan fingerprint density at radius 1 is 1.39 bits per heavy atom. The van der Waals surface area contributed by atoms with Gasteiger partial charge in [-0.05, 0) is 30.4 Å². The van der Waals surface area contributed by atoms with E-state index in [9.17, 15) is 12.8 Å². The van der Waals surface area contributed by atoms with Crippen LogP contribution in [0.1, 0.15) is 33.6 Å². The molecule has 4 N–H and O–H groups in total. The maximum absolute atomic E-state index is 14.6. The third-order valence-corrected chi connectivity index (χ3v) is 8.54. The first-order valence-electron chi connectivity index (χ1n) is 8.87. The second kappa shape index (κ2) is 7.44. The Hall–Kier alpha value is -1.42. The molecule has 1 heterocycles. The molecule has 0 saturated heterocycles. The predicted molar refractivity (Wildman–Crippen MR) is 112 cm³/mol. The fourth-order valence-corrected chi connectivity index (χ4v) is 5.76. The molecule has 1 saturated carbocycles. The van der Waals surface area contributed by atoms with Crippen LogP contribution in [0.25, 0.3) is 0 Å². The van der Waals surface area contributed by atoms with Crippen LogP contribution in [0, 0.1) is 16.6 Å². The van der Waals surface area contributed by atoms with E-state index in [1.54, 1.807) is 5.38 Å². The molecular weight excluding hydrogens is 423 g/mol. The molecule has 1 aromatic carbocycles. The van der Waals surface area contributed by atoms with Gasteiger partial charge in [-0.15, -0.1) is 11.3 Å². The summed E-state index contributed by atoms with van der Waals surface area (Å²) < 4.78 is 41.8. The summed E-state index contributed by atoms with van der Waals surface area (Å²) in [7, 11) is -4.13. The predicted octanol–water partition coefficient (Wildman–Crippen LogP) is 4.30. The Labute approximate surface area is 173 Å². The number of halogens is 2. The van der Waals surface area contributed by atoms with E-state index in [4.69, 9.17) is 17.3 Å². The van der Waals surface area contributed by atoms with Gasteiger partial charge in [-0.3, -0.25) is 4.72 Å². The molecule has 1 aliphatic rings. The molecule has 3 rings (SSSR count). The average Bonchev–Trinajstić information content (AvgIpc) is 3.17. The molecule has 0 aliphatic heterocycles. The van der Waals surface area contributed by atoms with Crippen LogP contribution in [-0.4, -0.2) is 26.0 Å². The van der Waals surface area contributed by atoms with E-state index in [0.717, 1.165) is 36.3 Å². The Bertz CT molecular complexity index is 966. The molecule has 1 fully saturated rings. The molecule has 6 nitrogen and oxygen atoms in total. The van der Waals surface area contributed by atoms with Crippen molar-refractivity contribution in [1.82, 2.24) is 4.98 Å². The van der Waals surface area contributed by atoms with Crippen molar-refractivity contribution < 1.29 is 12.8 Å². The number of hydrogen-bond acceptors (Lipinski definition) is 6. The third kappa shape index (κ3) is 3.85. The number of anilines is 2. The zero-order valence-electron chi connectivity index (χ0n) is 15.9. The number of hydrogen-bond donors (Lipinski definition) is 3. The van der Waals surface area contributed by atoms with E-state index in [2.05, 4.69) is 35.8 Å². The van der Waals surface area contributed by atoms with Crippen molar-refractivity contribution in [3.05, 3.63) is 34.5 Å². The Balaban J connectivity index is 1.83. The number of thiazole rings is 1. The Kier molecular flexibility index (Phi) is 5.66. The minimum Gasteiger partial charge on any atom is -0.383 e. The zero-order chi connectivity index (χ0) is 20.7. The van der Waals surface area contributed by atoms with E-state index in [-0.39, 0.29) is 27.0 Å². The van der Waals surface area contributed by atoms with Gasteiger partial charge in [0, 0.05) is 29.6 Å². The van der Waals surface area contributed by atoms with Crippen molar-refractivity contribution in [2.45, 2.75) is 44.6 Å². The number of nitrogens with one attached hydrogen (secondary N) is 2. The van der Waals surface area contributed by atoms with Gasteiger partial charge in [-0.2, -0.15) is 0 Å². The van der Waals surface area contributed by atoms with Crippen molar-refractivity contribution in [3.63, 3.8) is 0 Å². The van der Waals surface area contributed by atoms with Gasteiger partial charge in [0.15, 0.2) is 5.13 Å². The third-order valence-electron chi connectivity index (χ3n) is 6.06. The van der Waals surface area contributed by atoms with E-state index in [1.807, 2.05) is 0 Å². The van der Waals surface area contributed by atoms with Crippen molar-refractivity contribution >= 4 is 43.8 Å². The topological polar surface area (TPSA) is 97.1 Å². The lowest BCUT2D eigenvalue weighted by Crippen LogP contribution is -2.47. The molecule has 154 valence electrons. The van der Waals surface area contributed by atoms with Crippen LogP contribution in [0.4, 0.5) is 15.2 Å². The van der Waals surface area contributed by atoms with Crippen molar-refractivity contribution in [2.75, 3.05) is 16.6 Å². The quantitative estimate of drug-likeness (QED) is 0.614. The standard InChI is InChI=1S/C18H24ClFN4O2S2/c1-17(2)5-4-15(21)18(17,3)10-23-13-9-12(20)14(8-11(13)19)28(25,26)24-16-22-6-7-27-16/h6-9,15,23H,4-5,10,21H2,1-3H3,(H,22,24). The Morgan fingerprint density at radius 2 is 2.11 bits per heavy atom. The van der Waals surface area contributed by atoms with Crippen LogP contribution < -0.4 is 15.8 Å². The number of aromatic nitrogens is 1. The molecule has 2 atom stereocenters. The maximum Gasteiger partial charge on any atom is 0.266 e. The summed E-state index contributed by atoms with van der Waals surface area (Å²) in [6.45, 7) is 6.95. The summed E-state index contributed by atoms with van der Waals surface area (Å²) >= 11 is 7.36. The van der Waals surface area contributed by atoms with Crippen LogP contribution in [0.15, 0.2) is 28.6 Å². The molecule has 1 aromatic heterocycles. The van der Waals surface area contributed by atoms with Gasteiger partial charge in [-0.25, -0.2) is 17.8 Å². The van der Waals surface area contributed by atoms with Crippen LogP contribution >= 0.6 is 22.9 Å². The van der Waals surface area contributed by atoms with Gasteiger partial charge in [0.1, 0.15) is 10.7 Å². The highest BCUT2D eigenvalue weighted by Gasteiger charge is 2.50. The molecular formula is C18H24ClFN4O2S2. The summed E-state index contributed by atoms with van der Waals surface area (Å²) in [5.74, 6) is -0.893. The first kappa shape index (κ1) is 21.3. The Morgan fingerprint density at radius 3 is 2.68 bits per heavy atom. The minimum atomic E-state index is -4.13. The van der Waals surface area contributed by atoms with Crippen molar-refractivity contribution in [2.24, 2.45) is 16.6 Å². The van der Waals surface area contributed by atoms with Gasteiger partial charge in [0.05, 0.1) is 10.7 Å². The average molecular weight is 447 g/mol. The summed E-state index contributed by atoms with van der Waals surface area (Å²) in [5.41, 5.74) is 6.48. The molecule has 1 aliphatic carbocycles. The van der Waals surface area contributed by atoms with Gasteiger partial charge in [0.2, 0.25) is 0 Å². The van der Waals surface area contributed by atoms with Crippen LogP contribution in [-0.2, 0) is 10.0 Å². The number of rotatable bonds is 6. The molecule has 2 unspecified atom stereocenters. The van der Waals surface area contributed by atoms with E-state index >= 15 is 0 Å². The highest BCUT2D eigenvalue weighted by Crippen LogP contribution is 2.51. The second-order valence-corrected chi connectivity index (χ2v) is 11.0. The lowest BCUT2D eigenvalue weighted by molar-refractivity contribution is 0.131. The highest BCUT2D eigenvalue weighted by atomic mass is 35.5. The number of nitrogens with zero attached hydrogens (tertiary/aromatic N) is 1. The first-order chi connectivity index (χ1) is 13.0. The molecule has 0 spiro atoms. The molecule has 28 heavy (non-hydrogen) atoms. The van der Waals surface area contributed by atoms with E-state index < -0.39 is 20.7 Å². The highest BCUT2D eigenvalue weighted by molar-refractivity contribution is 7.93. The summed E-state index contributed by atoms with van der Waals surface area (Å²) in [4.78, 5) is 3.32. The lowest BCUT2D eigenvalue weighted by Gasteiger charge is -2.41. The lowest BCUT2D eigenvalue weighted by atomic mass is 9.67. The zero-order valence-corrected chi connectivity index (χ0v) is 18.3. The normalized spacial score (nSPS) is 24.3. The summed E-state index contributed by atoms with van der Waals surface area (Å²) in [6, 6.07) is 2.23. The summed E-state index contributed by atoms with van der Waals surface area (Å²) in [5, 5.41) is 5.06. The number of sulfonamides is 1. The monoisotopic (exact) mass is 446 g/mol. The molecule has 2 aromatic rings. The van der Waals surface area contributed by atoms with Crippen molar-refractivity contribution in [3.8, 4) is 0 Å². The van der Waals surface area contributed by atoms with Gasteiger partial charge < -0.3 is 11.1 Å². The smallest absolute Gasteiger partial charge is 0.266 e. The van der Waals surface area contributed by atoms with Gasteiger partial charge in [0.25, 0.3) is 10.0 Å². The summed E-state index contributed by atoms with van der Waals surface area (Å²) in [6.07, 6.45) is 3.38. The number of benzene rings is 1. The molecule has 0 bridgehead atoms. The molecule has 10 heteroatoms. The maximum atomic E-state index is 14.6. The SMILES string of the molecule is CC1(C)CCC(N)C1(C)CNc1cc(F)c(S(=O)(=O)Nc2nccs2)cc1Cl. The van der Waals surface area contributed by atoms with Crippen molar-refractivity contribution in [1.29, 1.82) is 0 Å². The van der Waals surface area contributed by atoms with Crippen LogP contribution in [0.3, 0.4) is 0 Å². The van der Waals surface area contributed by atoms with Crippen LogP contribution in [0.5, 0.6) is 0 Å². The first-order valence-corrected chi connectivity index (χ1v) is 11.6.